The molecule has 0 aliphatic carbocycles. The van der Waals surface area contributed by atoms with Crippen LogP contribution in [0.25, 0.3) is 0 Å². The third-order valence-electron chi connectivity index (χ3n) is 2.85. The standard InChI is InChI=1S/C13H24N2S/c1-9(2)8-15(5)13(7-14)12-6-10(3)16-11(12)4/h6,9,13H,7-8,14H2,1-5H3. The molecule has 0 saturated heterocycles. The summed E-state index contributed by atoms with van der Waals surface area (Å²) in [6.45, 7) is 10.6. The zero-order chi connectivity index (χ0) is 12.3. The van der Waals surface area contributed by atoms with Crippen LogP contribution in [0.1, 0.15) is 35.2 Å². The van der Waals surface area contributed by atoms with Crippen LogP contribution in [0.15, 0.2) is 6.07 Å². The minimum absolute atomic E-state index is 0.368. The molecule has 2 N–H and O–H groups in total. The summed E-state index contributed by atoms with van der Waals surface area (Å²) in [5, 5.41) is 0. The summed E-state index contributed by atoms with van der Waals surface area (Å²) >= 11 is 1.87. The number of thiophene rings is 1. The SMILES string of the molecule is Cc1cc(C(CN)N(C)CC(C)C)c(C)s1. The summed E-state index contributed by atoms with van der Waals surface area (Å²) in [6.07, 6.45) is 0. The lowest BCUT2D eigenvalue weighted by atomic mass is 10.1. The van der Waals surface area contributed by atoms with E-state index in [0.717, 1.165) is 6.54 Å². The van der Waals surface area contributed by atoms with Gasteiger partial charge in [-0.25, -0.2) is 0 Å². The van der Waals surface area contributed by atoms with Crippen LogP contribution >= 0.6 is 11.3 Å². The van der Waals surface area contributed by atoms with Crippen molar-refractivity contribution in [2.45, 2.75) is 33.7 Å². The number of nitrogens with zero attached hydrogens (tertiary/aromatic N) is 1. The number of hydrogen-bond donors (Lipinski definition) is 1. The van der Waals surface area contributed by atoms with Gasteiger partial charge in [0.2, 0.25) is 0 Å². The van der Waals surface area contributed by atoms with Gasteiger partial charge in [-0.05, 0) is 38.4 Å². The van der Waals surface area contributed by atoms with Gasteiger partial charge in [0.15, 0.2) is 0 Å². The van der Waals surface area contributed by atoms with Gasteiger partial charge in [0.05, 0.1) is 0 Å². The fourth-order valence-electron chi connectivity index (χ4n) is 2.23. The number of rotatable bonds is 5. The first-order valence-corrected chi connectivity index (χ1v) is 6.74. The van der Waals surface area contributed by atoms with E-state index in [1.165, 1.54) is 15.3 Å². The van der Waals surface area contributed by atoms with E-state index in [-0.39, 0.29) is 0 Å². The Morgan fingerprint density at radius 1 is 1.38 bits per heavy atom. The predicted octanol–water partition coefficient (Wildman–Crippen LogP) is 2.95. The van der Waals surface area contributed by atoms with Crippen LogP contribution in [-0.4, -0.2) is 25.0 Å². The molecule has 0 bridgehead atoms. The lowest BCUT2D eigenvalue weighted by Crippen LogP contribution is -2.33. The van der Waals surface area contributed by atoms with E-state index in [0.29, 0.717) is 18.5 Å². The normalized spacial score (nSPS) is 13.8. The monoisotopic (exact) mass is 240 g/mol. The number of likely N-dealkylation sites (N-methyl/N-ethyl adjacent to an activating group) is 1. The average molecular weight is 240 g/mol. The second-order valence-corrected chi connectivity index (χ2v) is 6.41. The first kappa shape index (κ1) is 13.7. The fraction of sp³-hybridized carbons (Fsp3) is 0.692. The second-order valence-electron chi connectivity index (χ2n) is 4.95. The third-order valence-corrected chi connectivity index (χ3v) is 3.83. The third kappa shape index (κ3) is 3.30. The molecule has 92 valence electrons. The van der Waals surface area contributed by atoms with Crippen molar-refractivity contribution in [2.75, 3.05) is 20.1 Å². The molecule has 0 fully saturated rings. The van der Waals surface area contributed by atoms with E-state index in [2.05, 4.69) is 45.7 Å². The van der Waals surface area contributed by atoms with Crippen molar-refractivity contribution < 1.29 is 0 Å². The van der Waals surface area contributed by atoms with E-state index in [1.54, 1.807) is 0 Å². The molecular weight excluding hydrogens is 216 g/mol. The zero-order valence-corrected chi connectivity index (χ0v) is 11.9. The largest absolute Gasteiger partial charge is 0.329 e. The quantitative estimate of drug-likeness (QED) is 0.857. The second kappa shape index (κ2) is 5.80. The molecule has 16 heavy (non-hydrogen) atoms. The molecule has 3 heteroatoms. The van der Waals surface area contributed by atoms with E-state index in [9.17, 15) is 0 Å². The Kier molecular flexibility index (Phi) is 4.96. The zero-order valence-electron chi connectivity index (χ0n) is 11.1. The summed E-state index contributed by atoms with van der Waals surface area (Å²) in [6, 6.07) is 2.65. The number of hydrogen-bond acceptors (Lipinski definition) is 3. The molecule has 0 amide bonds. The van der Waals surface area contributed by atoms with Crippen molar-refractivity contribution in [2.24, 2.45) is 11.7 Å². The lowest BCUT2D eigenvalue weighted by molar-refractivity contribution is 0.223. The molecule has 1 rings (SSSR count). The smallest absolute Gasteiger partial charge is 0.0478 e. The molecule has 1 aromatic heterocycles. The lowest BCUT2D eigenvalue weighted by Gasteiger charge is -2.28. The van der Waals surface area contributed by atoms with Gasteiger partial charge in [0.25, 0.3) is 0 Å². The molecule has 0 saturated carbocycles. The molecule has 1 aromatic rings. The Hall–Kier alpha value is -0.380. The van der Waals surface area contributed by atoms with Gasteiger partial charge < -0.3 is 5.73 Å². The summed E-state index contributed by atoms with van der Waals surface area (Å²) in [7, 11) is 2.17. The maximum absolute atomic E-state index is 5.92. The Labute approximate surface area is 103 Å². The van der Waals surface area contributed by atoms with Gasteiger partial charge in [0, 0.05) is 28.9 Å². The molecular formula is C13H24N2S. The van der Waals surface area contributed by atoms with Crippen LogP contribution < -0.4 is 5.73 Å². The number of aryl methyl sites for hydroxylation is 2. The van der Waals surface area contributed by atoms with E-state index in [4.69, 9.17) is 5.73 Å². The van der Waals surface area contributed by atoms with Crippen molar-refractivity contribution in [1.29, 1.82) is 0 Å². The molecule has 0 aliphatic rings. The highest BCUT2D eigenvalue weighted by molar-refractivity contribution is 7.12. The maximum Gasteiger partial charge on any atom is 0.0478 e. The highest BCUT2D eigenvalue weighted by Crippen LogP contribution is 2.29. The van der Waals surface area contributed by atoms with Crippen LogP contribution in [0.3, 0.4) is 0 Å². The van der Waals surface area contributed by atoms with Crippen molar-refractivity contribution in [3.8, 4) is 0 Å². The summed E-state index contributed by atoms with van der Waals surface area (Å²) in [4.78, 5) is 5.16. The minimum Gasteiger partial charge on any atom is -0.329 e. The molecule has 0 spiro atoms. The van der Waals surface area contributed by atoms with E-state index >= 15 is 0 Å². The van der Waals surface area contributed by atoms with Gasteiger partial charge in [0.1, 0.15) is 0 Å². The van der Waals surface area contributed by atoms with Gasteiger partial charge in [-0.1, -0.05) is 13.8 Å². The Morgan fingerprint density at radius 3 is 2.38 bits per heavy atom. The van der Waals surface area contributed by atoms with Crippen LogP contribution in [-0.2, 0) is 0 Å². The molecule has 0 radical (unpaired) electrons. The Bertz CT molecular complexity index is 331. The van der Waals surface area contributed by atoms with Crippen LogP contribution in [0.4, 0.5) is 0 Å². The highest BCUT2D eigenvalue weighted by atomic mass is 32.1. The summed E-state index contributed by atoms with van der Waals surface area (Å²) in [5.41, 5.74) is 7.33. The molecule has 1 atom stereocenters. The first-order chi connectivity index (χ1) is 7.45. The van der Waals surface area contributed by atoms with Crippen molar-refractivity contribution in [3.63, 3.8) is 0 Å². The highest BCUT2D eigenvalue weighted by Gasteiger charge is 2.19. The van der Waals surface area contributed by atoms with Gasteiger partial charge in [-0.3, -0.25) is 4.90 Å². The van der Waals surface area contributed by atoms with Crippen molar-refractivity contribution in [3.05, 3.63) is 21.4 Å². The van der Waals surface area contributed by atoms with Crippen LogP contribution in [0, 0.1) is 19.8 Å². The van der Waals surface area contributed by atoms with Crippen LogP contribution in [0.2, 0.25) is 0 Å². The summed E-state index contributed by atoms with van der Waals surface area (Å²) in [5.74, 6) is 0.680. The minimum atomic E-state index is 0.368. The first-order valence-electron chi connectivity index (χ1n) is 5.93. The number of nitrogens with two attached hydrogens (primary N) is 1. The Balaban J connectivity index is 2.85. The van der Waals surface area contributed by atoms with E-state index < -0.39 is 0 Å². The molecule has 1 unspecified atom stereocenters. The van der Waals surface area contributed by atoms with Gasteiger partial charge >= 0.3 is 0 Å². The molecule has 2 nitrogen and oxygen atoms in total. The van der Waals surface area contributed by atoms with E-state index in [1.807, 2.05) is 11.3 Å². The average Bonchev–Trinajstić information content (AvgIpc) is 2.45. The van der Waals surface area contributed by atoms with Crippen LogP contribution in [0.5, 0.6) is 0 Å². The fourth-order valence-corrected chi connectivity index (χ4v) is 3.21. The van der Waals surface area contributed by atoms with Gasteiger partial charge in [-0.15, -0.1) is 11.3 Å². The summed E-state index contributed by atoms with van der Waals surface area (Å²) < 4.78 is 0. The Morgan fingerprint density at radius 2 is 2.00 bits per heavy atom. The van der Waals surface area contributed by atoms with Gasteiger partial charge in [-0.2, -0.15) is 0 Å². The molecule has 0 aromatic carbocycles. The maximum atomic E-state index is 5.92. The topological polar surface area (TPSA) is 29.3 Å². The van der Waals surface area contributed by atoms with Crippen molar-refractivity contribution in [1.82, 2.24) is 4.90 Å². The van der Waals surface area contributed by atoms with Crippen molar-refractivity contribution >= 4 is 11.3 Å². The molecule has 1 heterocycles. The molecule has 0 aliphatic heterocycles. The predicted molar refractivity (Wildman–Crippen MR) is 73.1 cm³/mol.